The number of rotatable bonds is 4. The number of aromatic nitrogens is 2. The van der Waals surface area contributed by atoms with Gasteiger partial charge in [-0.1, -0.05) is 17.7 Å². The van der Waals surface area contributed by atoms with Gasteiger partial charge in [0.1, 0.15) is 5.82 Å². The first-order valence-corrected chi connectivity index (χ1v) is 5.54. The number of carbonyl (C=O) groups is 1. The van der Waals surface area contributed by atoms with Crippen LogP contribution in [-0.4, -0.2) is 20.6 Å². The fourth-order valence-corrected chi connectivity index (χ4v) is 1.78. The Morgan fingerprint density at radius 1 is 1.47 bits per heavy atom. The van der Waals surface area contributed by atoms with E-state index in [1.54, 1.807) is 18.5 Å². The molecule has 5 heteroatoms. The standard InChI is InChI=1S/C12H11ClN2O2/c13-9-2-1-3-10(8-9)15-7-6-14-11(15)4-5-12(16)17/h1-3,6-8H,4-5H2,(H,16,17). The highest BCUT2D eigenvalue weighted by molar-refractivity contribution is 6.30. The molecule has 0 saturated carbocycles. The van der Waals surface area contributed by atoms with Crippen molar-refractivity contribution in [2.24, 2.45) is 0 Å². The second-order valence-electron chi connectivity index (χ2n) is 3.59. The van der Waals surface area contributed by atoms with Crippen LogP contribution in [-0.2, 0) is 11.2 Å². The number of hydrogen-bond acceptors (Lipinski definition) is 2. The van der Waals surface area contributed by atoms with Gasteiger partial charge in [0.2, 0.25) is 0 Å². The van der Waals surface area contributed by atoms with Crippen LogP contribution in [0.15, 0.2) is 36.7 Å². The molecular formula is C12H11ClN2O2. The van der Waals surface area contributed by atoms with Gasteiger partial charge in [0.05, 0.1) is 6.42 Å². The SMILES string of the molecule is O=C(O)CCc1nccn1-c1cccc(Cl)c1. The van der Waals surface area contributed by atoms with Crippen molar-refractivity contribution >= 4 is 17.6 Å². The van der Waals surface area contributed by atoms with E-state index in [1.807, 2.05) is 22.8 Å². The molecule has 88 valence electrons. The van der Waals surface area contributed by atoms with Crippen molar-refractivity contribution in [1.82, 2.24) is 9.55 Å². The minimum atomic E-state index is -0.828. The van der Waals surface area contributed by atoms with Gasteiger partial charge in [-0.25, -0.2) is 4.98 Å². The zero-order chi connectivity index (χ0) is 12.3. The minimum Gasteiger partial charge on any atom is -0.481 e. The summed E-state index contributed by atoms with van der Waals surface area (Å²) < 4.78 is 1.84. The van der Waals surface area contributed by atoms with Gasteiger partial charge in [-0.15, -0.1) is 0 Å². The van der Waals surface area contributed by atoms with Crippen LogP contribution in [0, 0.1) is 0 Å². The molecule has 2 aromatic rings. The summed E-state index contributed by atoms with van der Waals surface area (Å²) in [5.41, 5.74) is 0.885. The van der Waals surface area contributed by atoms with Crippen molar-refractivity contribution in [2.75, 3.05) is 0 Å². The van der Waals surface area contributed by atoms with Gasteiger partial charge in [0.15, 0.2) is 0 Å². The third-order valence-corrected chi connectivity index (χ3v) is 2.60. The highest BCUT2D eigenvalue weighted by Gasteiger charge is 2.07. The molecule has 0 fully saturated rings. The molecular weight excluding hydrogens is 240 g/mol. The monoisotopic (exact) mass is 250 g/mol. The predicted molar refractivity (Wildman–Crippen MR) is 64.5 cm³/mol. The molecule has 0 atom stereocenters. The molecule has 0 bridgehead atoms. The van der Waals surface area contributed by atoms with Crippen LogP contribution in [0.4, 0.5) is 0 Å². The molecule has 0 aliphatic carbocycles. The molecule has 1 N–H and O–H groups in total. The van der Waals surface area contributed by atoms with Gasteiger partial charge >= 0.3 is 5.97 Å². The Hall–Kier alpha value is -1.81. The number of hydrogen-bond donors (Lipinski definition) is 1. The van der Waals surface area contributed by atoms with Crippen LogP contribution in [0.25, 0.3) is 5.69 Å². The van der Waals surface area contributed by atoms with Crippen molar-refractivity contribution in [3.8, 4) is 5.69 Å². The van der Waals surface area contributed by atoms with Gasteiger partial charge in [-0.3, -0.25) is 4.79 Å². The van der Waals surface area contributed by atoms with E-state index in [9.17, 15) is 4.79 Å². The summed E-state index contributed by atoms with van der Waals surface area (Å²) >= 11 is 5.91. The summed E-state index contributed by atoms with van der Waals surface area (Å²) in [6.45, 7) is 0. The molecule has 0 radical (unpaired) electrons. The number of nitrogens with zero attached hydrogens (tertiary/aromatic N) is 2. The number of imidazole rings is 1. The molecule has 0 unspecified atom stereocenters. The molecule has 1 aromatic heterocycles. The van der Waals surface area contributed by atoms with Crippen LogP contribution >= 0.6 is 11.6 Å². The predicted octanol–water partition coefficient (Wildman–Crippen LogP) is 2.54. The number of carboxylic acids is 1. The lowest BCUT2D eigenvalue weighted by molar-refractivity contribution is -0.137. The molecule has 4 nitrogen and oxygen atoms in total. The number of aliphatic carboxylic acids is 1. The van der Waals surface area contributed by atoms with E-state index in [2.05, 4.69) is 4.98 Å². The maximum atomic E-state index is 10.5. The average Bonchev–Trinajstić information content (AvgIpc) is 2.74. The van der Waals surface area contributed by atoms with Crippen molar-refractivity contribution in [3.05, 3.63) is 47.5 Å². The third kappa shape index (κ3) is 2.85. The van der Waals surface area contributed by atoms with Crippen LogP contribution in [0.5, 0.6) is 0 Å². The summed E-state index contributed by atoms with van der Waals surface area (Å²) in [6.07, 6.45) is 3.91. The highest BCUT2D eigenvalue weighted by Crippen LogP contribution is 2.16. The molecule has 0 aliphatic heterocycles. The normalized spacial score (nSPS) is 10.4. The second-order valence-corrected chi connectivity index (χ2v) is 4.02. The first-order valence-electron chi connectivity index (χ1n) is 5.17. The summed E-state index contributed by atoms with van der Waals surface area (Å²) in [5, 5.41) is 9.30. The Morgan fingerprint density at radius 3 is 3.00 bits per heavy atom. The van der Waals surface area contributed by atoms with Crippen molar-refractivity contribution in [3.63, 3.8) is 0 Å². The van der Waals surface area contributed by atoms with E-state index in [4.69, 9.17) is 16.7 Å². The number of halogens is 1. The third-order valence-electron chi connectivity index (χ3n) is 2.37. The van der Waals surface area contributed by atoms with Crippen LogP contribution in [0.2, 0.25) is 5.02 Å². The Morgan fingerprint density at radius 2 is 2.29 bits per heavy atom. The van der Waals surface area contributed by atoms with Crippen LogP contribution in [0.3, 0.4) is 0 Å². The van der Waals surface area contributed by atoms with Gasteiger partial charge in [0.25, 0.3) is 0 Å². The lowest BCUT2D eigenvalue weighted by Crippen LogP contribution is -2.04. The quantitative estimate of drug-likeness (QED) is 0.907. The molecule has 0 spiro atoms. The molecule has 0 aliphatic rings. The van der Waals surface area contributed by atoms with Gasteiger partial charge in [-0.2, -0.15) is 0 Å². The van der Waals surface area contributed by atoms with Crippen molar-refractivity contribution in [2.45, 2.75) is 12.8 Å². The largest absolute Gasteiger partial charge is 0.481 e. The van der Waals surface area contributed by atoms with E-state index in [0.717, 1.165) is 11.5 Å². The molecule has 1 heterocycles. The lowest BCUT2D eigenvalue weighted by Gasteiger charge is -2.07. The molecule has 0 amide bonds. The second kappa shape index (κ2) is 5.01. The fraction of sp³-hybridized carbons (Fsp3) is 0.167. The van der Waals surface area contributed by atoms with Crippen LogP contribution < -0.4 is 0 Å². The summed E-state index contributed by atoms with van der Waals surface area (Å²) in [6, 6.07) is 7.35. The number of aryl methyl sites for hydroxylation is 1. The number of benzene rings is 1. The first-order chi connectivity index (χ1) is 8.16. The Balaban J connectivity index is 2.27. The van der Waals surface area contributed by atoms with E-state index in [0.29, 0.717) is 11.4 Å². The Bertz CT molecular complexity index is 537. The lowest BCUT2D eigenvalue weighted by atomic mass is 10.2. The fourth-order valence-electron chi connectivity index (χ4n) is 1.60. The molecule has 17 heavy (non-hydrogen) atoms. The highest BCUT2D eigenvalue weighted by atomic mass is 35.5. The van der Waals surface area contributed by atoms with E-state index in [1.165, 1.54) is 0 Å². The zero-order valence-corrected chi connectivity index (χ0v) is 9.76. The molecule has 1 aromatic carbocycles. The van der Waals surface area contributed by atoms with Gasteiger partial charge in [-0.05, 0) is 18.2 Å². The summed E-state index contributed by atoms with van der Waals surface area (Å²) in [5.74, 6) is -0.111. The zero-order valence-electron chi connectivity index (χ0n) is 9.01. The van der Waals surface area contributed by atoms with E-state index >= 15 is 0 Å². The maximum absolute atomic E-state index is 10.5. The summed E-state index contributed by atoms with van der Waals surface area (Å²) in [4.78, 5) is 14.7. The smallest absolute Gasteiger partial charge is 0.303 e. The van der Waals surface area contributed by atoms with Gasteiger partial charge < -0.3 is 9.67 Å². The average molecular weight is 251 g/mol. The molecule has 2 rings (SSSR count). The van der Waals surface area contributed by atoms with Crippen molar-refractivity contribution in [1.29, 1.82) is 0 Å². The van der Waals surface area contributed by atoms with E-state index in [-0.39, 0.29) is 6.42 Å². The maximum Gasteiger partial charge on any atom is 0.303 e. The molecule has 0 saturated heterocycles. The van der Waals surface area contributed by atoms with Crippen LogP contribution in [0.1, 0.15) is 12.2 Å². The first kappa shape index (κ1) is 11.7. The topological polar surface area (TPSA) is 55.1 Å². The van der Waals surface area contributed by atoms with Gasteiger partial charge in [0, 0.05) is 29.5 Å². The van der Waals surface area contributed by atoms with E-state index < -0.39 is 5.97 Å². The Kier molecular flexibility index (Phi) is 3.44. The number of carboxylic acid groups (broad SMARTS) is 1. The minimum absolute atomic E-state index is 0.0670. The Labute approximate surface area is 103 Å². The summed E-state index contributed by atoms with van der Waals surface area (Å²) in [7, 11) is 0. The van der Waals surface area contributed by atoms with Crippen molar-refractivity contribution < 1.29 is 9.90 Å².